The zero-order valence-corrected chi connectivity index (χ0v) is 21.8. The van der Waals surface area contributed by atoms with Crippen LogP contribution in [0.1, 0.15) is 11.7 Å². The summed E-state index contributed by atoms with van der Waals surface area (Å²) in [6.45, 7) is 6.09. The Morgan fingerprint density at radius 3 is 2.58 bits per heavy atom. The molecule has 192 valence electrons. The van der Waals surface area contributed by atoms with E-state index in [1.807, 2.05) is 0 Å². The normalized spacial score (nSPS) is 17.8. The van der Waals surface area contributed by atoms with Crippen LogP contribution in [0.3, 0.4) is 0 Å². The molecular weight excluding hydrogens is 513 g/mol. The number of aromatic nitrogens is 3. The van der Waals surface area contributed by atoms with Gasteiger partial charge in [0.2, 0.25) is 0 Å². The van der Waals surface area contributed by atoms with Gasteiger partial charge in [-0.05, 0) is 30.3 Å². The highest BCUT2D eigenvalue weighted by molar-refractivity contribution is 6.76. The predicted molar refractivity (Wildman–Crippen MR) is 132 cm³/mol. The summed E-state index contributed by atoms with van der Waals surface area (Å²) in [6.07, 6.45) is 0.192. The number of hydrogen-bond donors (Lipinski definition) is 0. The number of pyridine rings is 1. The minimum absolute atomic E-state index is 0.0356. The number of cyclic esters (lactones) is 1. The van der Waals surface area contributed by atoms with Crippen molar-refractivity contribution in [3.05, 3.63) is 65.2 Å². The van der Waals surface area contributed by atoms with Gasteiger partial charge in [0.15, 0.2) is 6.10 Å². The third-order valence-electron chi connectivity index (χ3n) is 5.66. The number of amides is 1. The first-order valence-electron chi connectivity index (χ1n) is 11.3. The minimum Gasteiger partial charge on any atom is -0.434 e. The number of carbonyl (C=O) groups excluding carboxylic acids is 1. The minimum atomic E-state index is -3.53. The van der Waals surface area contributed by atoms with Crippen molar-refractivity contribution in [2.75, 3.05) is 18.1 Å². The highest BCUT2D eigenvalue weighted by atomic mass is 35.5. The first-order chi connectivity index (χ1) is 16.9. The number of benzene rings is 1. The maximum Gasteiger partial charge on any atom is 0.416 e. The zero-order chi connectivity index (χ0) is 26.1. The van der Waals surface area contributed by atoms with Crippen molar-refractivity contribution in [2.45, 2.75) is 44.4 Å². The lowest BCUT2D eigenvalue weighted by Crippen LogP contribution is -2.52. The van der Waals surface area contributed by atoms with E-state index in [1.54, 1.807) is 24.5 Å². The summed E-state index contributed by atoms with van der Waals surface area (Å²) in [7, 11) is -1.35. The van der Waals surface area contributed by atoms with Crippen molar-refractivity contribution < 1.29 is 27.4 Å². The first-order valence-corrected chi connectivity index (χ1v) is 15.4. The van der Waals surface area contributed by atoms with Crippen molar-refractivity contribution in [1.29, 1.82) is 0 Å². The molecule has 1 atom stereocenters. The fourth-order valence-corrected chi connectivity index (χ4v) is 4.56. The molecule has 1 aromatic carbocycles. The Balaban J connectivity index is 1.62. The van der Waals surface area contributed by atoms with Gasteiger partial charge in [-0.1, -0.05) is 37.3 Å². The molecule has 1 fully saturated rings. The largest absolute Gasteiger partial charge is 0.434 e. The summed E-state index contributed by atoms with van der Waals surface area (Å²) in [5.41, 5.74) is 0.966. The third-order valence-corrected chi connectivity index (χ3v) is 7.67. The molecule has 0 radical (unpaired) electrons. The van der Waals surface area contributed by atoms with E-state index in [0.29, 0.717) is 17.9 Å². The first kappa shape index (κ1) is 26.2. The van der Waals surface area contributed by atoms with Crippen molar-refractivity contribution in [2.24, 2.45) is 0 Å². The Hall–Kier alpha value is -2.89. The number of hydrogen-bond acceptors (Lipinski definition) is 5. The van der Waals surface area contributed by atoms with Crippen molar-refractivity contribution in [1.82, 2.24) is 14.8 Å². The maximum absolute atomic E-state index is 15.3. The van der Waals surface area contributed by atoms with Gasteiger partial charge in [0, 0.05) is 44.3 Å². The average Bonchev–Trinajstić information content (AvgIpc) is 3.24. The van der Waals surface area contributed by atoms with E-state index in [9.17, 15) is 9.18 Å². The van der Waals surface area contributed by atoms with Crippen LogP contribution in [-0.4, -0.2) is 48.0 Å². The van der Waals surface area contributed by atoms with Crippen LogP contribution < -0.4 is 4.90 Å². The number of halogens is 4. The molecule has 1 amide bonds. The Morgan fingerprint density at radius 2 is 1.92 bits per heavy atom. The summed E-state index contributed by atoms with van der Waals surface area (Å²) in [4.78, 5) is 17.7. The number of carbonyl (C=O) groups is 1. The Kier molecular flexibility index (Phi) is 7.44. The molecule has 1 aliphatic rings. The summed E-state index contributed by atoms with van der Waals surface area (Å²) in [5, 5.41) is 4.27. The van der Waals surface area contributed by atoms with Crippen LogP contribution in [0.5, 0.6) is 0 Å². The molecule has 1 saturated heterocycles. The van der Waals surface area contributed by atoms with Crippen LogP contribution in [-0.2, 0) is 16.2 Å². The van der Waals surface area contributed by atoms with E-state index in [4.69, 9.17) is 21.1 Å². The molecule has 7 nitrogen and oxygen atoms in total. The second-order valence-electron chi connectivity index (χ2n) is 9.76. The van der Waals surface area contributed by atoms with Gasteiger partial charge in [0.25, 0.3) is 0 Å². The summed E-state index contributed by atoms with van der Waals surface area (Å²) >= 11 is 5.67. The number of rotatable bonds is 8. The molecule has 1 aliphatic heterocycles. The maximum atomic E-state index is 15.3. The molecular formula is C24H26ClF3N4O3Si. The summed E-state index contributed by atoms with van der Waals surface area (Å²) in [5.74, 6) is -4.31. The van der Waals surface area contributed by atoms with Crippen molar-refractivity contribution in [3.8, 4) is 11.3 Å². The van der Waals surface area contributed by atoms with Crippen LogP contribution in [0.2, 0.25) is 30.7 Å². The SMILES string of the molecule is C[Si](C)(C)CCOCn1nc(-c2ccncc2)cc1N1CC(F)(F)C(c2ccc(Cl)c(F)c2)OC1=O. The van der Waals surface area contributed by atoms with Gasteiger partial charge < -0.3 is 9.47 Å². The lowest BCUT2D eigenvalue weighted by molar-refractivity contribution is -0.121. The molecule has 1 unspecified atom stereocenters. The Morgan fingerprint density at radius 1 is 1.19 bits per heavy atom. The Bertz CT molecular complexity index is 1240. The van der Waals surface area contributed by atoms with Crippen LogP contribution in [0.25, 0.3) is 11.3 Å². The third kappa shape index (κ3) is 5.90. The topological polar surface area (TPSA) is 69.5 Å². The quantitative estimate of drug-likeness (QED) is 0.246. The van der Waals surface area contributed by atoms with E-state index >= 15 is 8.78 Å². The van der Waals surface area contributed by atoms with E-state index in [2.05, 4.69) is 29.7 Å². The fraction of sp³-hybridized carbons (Fsp3) is 0.375. The standard InChI is InChI=1S/C24H26ClF3N4O3Si/c1-36(2,3)11-10-34-15-32-21(13-20(30-32)16-6-8-29-9-7-16)31-14-24(27,28)22(35-23(31)33)17-4-5-18(25)19(26)12-17/h4-9,12-13,22H,10-11,14-15H2,1-3H3. The lowest BCUT2D eigenvalue weighted by Gasteiger charge is -2.37. The average molecular weight is 539 g/mol. The van der Waals surface area contributed by atoms with Crippen LogP contribution in [0.15, 0.2) is 48.8 Å². The number of anilines is 1. The molecule has 4 rings (SSSR count). The molecule has 2 aromatic heterocycles. The molecule has 3 heterocycles. The molecule has 12 heteroatoms. The van der Waals surface area contributed by atoms with Crippen LogP contribution >= 0.6 is 11.6 Å². The van der Waals surface area contributed by atoms with Gasteiger partial charge in [-0.25, -0.2) is 22.6 Å². The van der Waals surface area contributed by atoms with Crippen LogP contribution in [0.4, 0.5) is 23.8 Å². The van der Waals surface area contributed by atoms with E-state index in [-0.39, 0.29) is 23.1 Å². The highest BCUT2D eigenvalue weighted by Crippen LogP contribution is 2.41. The van der Waals surface area contributed by atoms with Crippen molar-refractivity contribution in [3.63, 3.8) is 0 Å². The highest BCUT2D eigenvalue weighted by Gasteiger charge is 2.52. The zero-order valence-electron chi connectivity index (χ0n) is 20.1. The van der Waals surface area contributed by atoms with Gasteiger partial charge in [0.1, 0.15) is 18.4 Å². The second kappa shape index (κ2) is 10.2. The van der Waals surface area contributed by atoms with E-state index in [0.717, 1.165) is 23.1 Å². The van der Waals surface area contributed by atoms with E-state index < -0.39 is 38.6 Å². The summed E-state index contributed by atoms with van der Waals surface area (Å²) < 4.78 is 56.7. The second-order valence-corrected chi connectivity index (χ2v) is 15.8. The Labute approximate surface area is 212 Å². The van der Waals surface area contributed by atoms with Gasteiger partial charge >= 0.3 is 12.0 Å². The van der Waals surface area contributed by atoms with Gasteiger partial charge in [-0.3, -0.25) is 9.88 Å². The fourth-order valence-electron chi connectivity index (χ4n) is 3.68. The smallest absolute Gasteiger partial charge is 0.416 e. The van der Waals surface area contributed by atoms with E-state index in [1.165, 1.54) is 16.8 Å². The summed E-state index contributed by atoms with van der Waals surface area (Å²) in [6, 6.07) is 9.08. The lowest BCUT2D eigenvalue weighted by atomic mass is 10.0. The molecule has 36 heavy (non-hydrogen) atoms. The van der Waals surface area contributed by atoms with Gasteiger partial charge in [-0.15, -0.1) is 0 Å². The molecule has 0 spiro atoms. The molecule has 0 aliphatic carbocycles. The monoisotopic (exact) mass is 538 g/mol. The van der Waals surface area contributed by atoms with Gasteiger partial charge in [0.05, 0.1) is 17.3 Å². The molecule has 0 saturated carbocycles. The number of ether oxygens (including phenoxy) is 2. The van der Waals surface area contributed by atoms with Crippen molar-refractivity contribution >= 4 is 31.6 Å². The molecule has 0 N–H and O–H groups in total. The molecule has 3 aromatic rings. The number of nitrogens with zero attached hydrogens (tertiary/aromatic N) is 4. The van der Waals surface area contributed by atoms with Gasteiger partial charge in [-0.2, -0.15) is 5.10 Å². The van der Waals surface area contributed by atoms with Crippen LogP contribution in [0, 0.1) is 5.82 Å². The molecule has 0 bridgehead atoms. The number of alkyl halides is 2. The predicted octanol–water partition coefficient (Wildman–Crippen LogP) is 6.38.